The quantitative estimate of drug-likeness (QED) is 0.849. The van der Waals surface area contributed by atoms with Crippen LogP contribution in [0.4, 0.5) is 5.95 Å². The zero-order valence-electron chi connectivity index (χ0n) is 12.7. The zero-order valence-corrected chi connectivity index (χ0v) is 12.7. The molecule has 1 fully saturated rings. The first-order valence-corrected chi connectivity index (χ1v) is 7.90. The molecule has 1 aliphatic rings. The van der Waals surface area contributed by atoms with Crippen molar-refractivity contribution in [2.45, 2.75) is 51.2 Å². The summed E-state index contributed by atoms with van der Waals surface area (Å²) in [4.78, 5) is 20.7. The first kappa shape index (κ1) is 14.9. The van der Waals surface area contributed by atoms with E-state index in [1.54, 1.807) is 6.20 Å². The van der Waals surface area contributed by atoms with E-state index < -0.39 is 0 Å². The fourth-order valence-electron chi connectivity index (χ4n) is 2.87. The molecule has 2 aromatic rings. The molecule has 0 radical (unpaired) electrons. The number of aliphatic hydroxyl groups is 1. The smallest absolute Gasteiger partial charge is 0.223 e. The Labute approximate surface area is 129 Å². The number of ketones is 1. The predicted octanol–water partition coefficient (Wildman–Crippen LogP) is 2.94. The van der Waals surface area contributed by atoms with Crippen molar-refractivity contribution in [3.05, 3.63) is 30.0 Å². The largest absolute Gasteiger partial charge is 0.393 e. The number of aromatic nitrogens is 2. The third kappa shape index (κ3) is 3.25. The van der Waals surface area contributed by atoms with Crippen molar-refractivity contribution in [1.82, 2.24) is 9.97 Å². The van der Waals surface area contributed by atoms with E-state index in [1.807, 2.05) is 25.1 Å². The van der Waals surface area contributed by atoms with Crippen LogP contribution in [0.15, 0.2) is 24.4 Å². The molecule has 5 nitrogen and oxygen atoms in total. The highest BCUT2D eigenvalue weighted by molar-refractivity contribution is 5.99. The minimum absolute atomic E-state index is 0.122. The van der Waals surface area contributed by atoms with E-state index in [-0.39, 0.29) is 11.9 Å². The number of hydrogen-bond acceptors (Lipinski definition) is 5. The van der Waals surface area contributed by atoms with Crippen LogP contribution in [0.1, 0.15) is 49.4 Å². The minimum Gasteiger partial charge on any atom is -0.393 e. The third-order valence-electron chi connectivity index (χ3n) is 4.26. The van der Waals surface area contributed by atoms with Gasteiger partial charge in [0.15, 0.2) is 5.78 Å². The SMILES string of the molecule is CCC(=O)c1ccc2cnc(NC3CCC(O)CC3)nc2c1. The molecule has 0 bridgehead atoms. The number of benzene rings is 1. The van der Waals surface area contributed by atoms with E-state index in [9.17, 15) is 9.90 Å². The molecule has 3 rings (SSSR count). The second-order valence-corrected chi connectivity index (χ2v) is 5.89. The van der Waals surface area contributed by atoms with E-state index in [1.165, 1.54) is 0 Å². The van der Waals surface area contributed by atoms with Crippen molar-refractivity contribution >= 4 is 22.6 Å². The summed E-state index contributed by atoms with van der Waals surface area (Å²) >= 11 is 0. The Hall–Kier alpha value is -2.01. The highest BCUT2D eigenvalue weighted by Crippen LogP contribution is 2.22. The molecule has 1 aromatic heterocycles. The van der Waals surface area contributed by atoms with Crippen molar-refractivity contribution in [1.29, 1.82) is 0 Å². The van der Waals surface area contributed by atoms with Gasteiger partial charge in [0.2, 0.25) is 5.95 Å². The molecular formula is C17H21N3O2. The van der Waals surface area contributed by atoms with Crippen LogP contribution >= 0.6 is 0 Å². The summed E-state index contributed by atoms with van der Waals surface area (Å²) < 4.78 is 0. The topological polar surface area (TPSA) is 75.1 Å². The summed E-state index contributed by atoms with van der Waals surface area (Å²) in [5.41, 5.74) is 1.48. The number of hydrogen-bond donors (Lipinski definition) is 2. The number of nitrogens with zero attached hydrogens (tertiary/aromatic N) is 2. The van der Waals surface area contributed by atoms with Crippen LogP contribution < -0.4 is 5.32 Å². The highest BCUT2D eigenvalue weighted by Gasteiger charge is 2.19. The van der Waals surface area contributed by atoms with Crippen LogP contribution in [0.3, 0.4) is 0 Å². The molecule has 0 spiro atoms. The van der Waals surface area contributed by atoms with Crippen molar-refractivity contribution in [3.8, 4) is 0 Å². The average Bonchev–Trinajstić information content (AvgIpc) is 2.55. The maximum absolute atomic E-state index is 11.8. The molecule has 0 aliphatic heterocycles. The molecular weight excluding hydrogens is 278 g/mol. The first-order valence-electron chi connectivity index (χ1n) is 7.90. The lowest BCUT2D eigenvalue weighted by molar-refractivity contribution is 0.0988. The zero-order chi connectivity index (χ0) is 15.5. The normalized spacial score (nSPS) is 21.7. The van der Waals surface area contributed by atoms with Gasteiger partial charge in [0.25, 0.3) is 0 Å². The van der Waals surface area contributed by atoms with Crippen LogP contribution in [0.25, 0.3) is 10.9 Å². The third-order valence-corrected chi connectivity index (χ3v) is 4.26. The van der Waals surface area contributed by atoms with Gasteiger partial charge in [-0.1, -0.05) is 19.1 Å². The molecule has 0 atom stereocenters. The maximum atomic E-state index is 11.8. The van der Waals surface area contributed by atoms with Gasteiger partial charge in [0.05, 0.1) is 11.6 Å². The van der Waals surface area contributed by atoms with Crippen molar-refractivity contribution < 1.29 is 9.90 Å². The van der Waals surface area contributed by atoms with E-state index in [0.29, 0.717) is 24.0 Å². The molecule has 1 aromatic carbocycles. The van der Waals surface area contributed by atoms with Crippen LogP contribution in [0.5, 0.6) is 0 Å². The van der Waals surface area contributed by atoms with E-state index in [0.717, 1.165) is 36.6 Å². The monoisotopic (exact) mass is 299 g/mol. The van der Waals surface area contributed by atoms with Crippen LogP contribution in [-0.4, -0.2) is 33.0 Å². The van der Waals surface area contributed by atoms with Gasteiger partial charge in [-0.05, 0) is 31.7 Å². The fraction of sp³-hybridized carbons (Fsp3) is 0.471. The number of nitrogens with one attached hydrogen (secondary N) is 1. The summed E-state index contributed by atoms with van der Waals surface area (Å²) in [7, 11) is 0. The minimum atomic E-state index is -0.168. The van der Waals surface area contributed by atoms with Crippen molar-refractivity contribution in [2.75, 3.05) is 5.32 Å². The molecule has 0 amide bonds. The number of Topliss-reactive ketones (excluding diaryl/α,β-unsaturated/α-hetero) is 1. The standard InChI is InChI=1S/C17H21N3O2/c1-2-16(22)11-3-4-12-10-18-17(20-15(12)9-11)19-13-5-7-14(21)8-6-13/h3-4,9-10,13-14,21H,2,5-8H2,1H3,(H,18,19,20). The summed E-state index contributed by atoms with van der Waals surface area (Å²) in [6.07, 6.45) is 5.60. The first-order chi connectivity index (χ1) is 10.7. The van der Waals surface area contributed by atoms with Gasteiger partial charge in [-0.15, -0.1) is 0 Å². The van der Waals surface area contributed by atoms with Gasteiger partial charge in [0, 0.05) is 29.6 Å². The van der Waals surface area contributed by atoms with E-state index in [2.05, 4.69) is 15.3 Å². The number of fused-ring (bicyclic) bond motifs is 1. The van der Waals surface area contributed by atoms with E-state index in [4.69, 9.17) is 0 Å². The Morgan fingerprint density at radius 1 is 1.32 bits per heavy atom. The van der Waals surface area contributed by atoms with Gasteiger partial charge in [-0.25, -0.2) is 9.97 Å². The molecule has 1 aliphatic carbocycles. The summed E-state index contributed by atoms with van der Waals surface area (Å²) in [5.74, 6) is 0.714. The second-order valence-electron chi connectivity index (χ2n) is 5.89. The van der Waals surface area contributed by atoms with Crippen molar-refractivity contribution in [3.63, 3.8) is 0 Å². The second kappa shape index (κ2) is 6.40. The van der Waals surface area contributed by atoms with Crippen LogP contribution in [-0.2, 0) is 0 Å². The van der Waals surface area contributed by atoms with Gasteiger partial charge in [-0.3, -0.25) is 4.79 Å². The average molecular weight is 299 g/mol. The van der Waals surface area contributed by atoms with Crippen LogP contribution in [0, 0.1) is 0 Å². The lowest BCUT2D eigenvalue weighted by Crippen LogP contribution is -2.28. The lowest BCUT2D eigenvalue weighted by Gasteiger charge is -2.26. The number of carbonyl (C=O) groups is 1. The molecule has 1 heterocycles. The molecule has 0 saturated heterocycles. The highest BCUT2D eigenvalue weighted by atomic mass is 16.3. The van der Waals surface area contributed by atoms with E-state index >= 15 is 0 Å². The Morgan fingerprint density at radius 2 is 2.09 bits per heavy atom. The van der Waals surface area contributed by atoms with Gasteiger partial charge in [0.1, 0.15) is 0 Å². The number of aliphatic hydroxyl groups excluding tert-OH is 1. The van der Waals surface area contributed by atoms with Crippen molar-refractivity contribution in [2.24, 2.45) is 0 Å². The van der Waals surface area contributed by atoms with Gasteiger partial charge in [-0.2, -0.15) is 0 Å². The lowest BCUT2D eigenvalue weighted by atomic mass is 9.93. The summed E-state index contributed by atoms with van der Waals surface area (Å²) in [6, 6.07) is 5.85. The predicted molar refractivity (Wildman–Crippen MR) is 86.0 cm³/mol. The molecule has 116 valence electrons. The molecule has 1 saturated carbocycles. The van der Waals surface area contributed by atoms with Crippen LogP contribution in [0.2, 0.25) is 0 Å². The summed E-state index contributed by atoms with van der Waals surface area (Å²) in [5, 5.41) is 13.8. The van der Waals surface area contributed by atoms with Gasteiger partial charge >= 0.3 is 0 Å². The fourth-order valence-corrected chi connectivity index (χ4v) is 2.87. The number of rotatable bonds is 4. The number of anilines is 1. The van der Waals surface area contributed by atoms with Gasteiger partial charge < -0.3 is 10.4 Å². The Kier molecular flexibility index (Phi) is 4.34. The Morgan fingerprint density at radius 3 is 2.82 bits per heavy atom. The Balaban J connectivity index is 1.80. The molecule has 22 heavy (non-hydrogen) atoms. The molecule has 0 unspecified atom stereocenters. The number of carbonyl (C=O) groups excluding carboxylic acids is 1. The Bertz CT molecular complexity index is 679. The maximum Gasteiger partial charge on any atom is 0.223 e. The molecule has 2 N–H and O–H groups in total. The summed E-state index contributed by atoms with van der Waals surface area (Å²) in [6.45, 7) is 1.86. The molecule has 5 heteroatoms.